The molecule has 0 saturated heterocycles. The van der Waals surface area contributed by atoms with Gasteiger partial charge in [-0.25, -0.2) is 4.39 Å². The van der Waals surface area contributed by atoms with Crippen LogP contribution in [0.25, 0.3) is 0 Å². The first kappa shape index (κ1) is 14.8. The van der Waals surface area contributed by atoms with E-state index in [9.17, 15) is 9.18 Å². The first-order valence-electron chi connectivity index (χ1n) is 5.55. The summed E-state index contributed by atoms with van der Waals surface area (Å²) in [6.45, 7) is 5.55. The molecule has 0 aliphatic rings. The van der Waals surface area contributed by atoms with Crippen molar-refractivity contribution in [3.8, 4) is 0 Å². The van der Waals surface area contributed by atoms with E-state index in [1.165, 1.54) is 12.1 Å². The van der Waals surface area contributed by atoms with E-state index >= 15 is 0 Å². The van der Waals surface area contributed by atoms with Crippen LogP contribution in [0.5, 0.6) is 0 Å². The van der Waals surface area contributed by atoms with Crippen LogP contribution in [0.4, 0.5) is 4.39 Å². The number of halogens is 1. The van der Waals surface area contributed by atoms with Crippen molar-refractivity contribution >= 4 is 5.78 Å². The second-order valence-corrected chi connectivity index (χ2v) is 3.28. The second kappa shape index (κ2) is 7.99. The minimum Gasteiger partial charge on any atom is -0.310 e. The van der Waals surface area contributed by atoms with Crippen molar-refractivity contribution in [2.24, 2.45) is 0 Å². The minimum atomic E-state index is -0.252. The predicted octanol–water partition coefficient (Wildman–Crippen LogP) is 2.57. The van der Waals surface area contributed by atoms with Crippen molar-refractivity contribution in [1.82, 2.24) is 5.32 Å². The zero-order valence-corrected chi connectivity index (χ0v) is 10.4. The largest absolute Gasteiger partial charge is 0.310 e. The van der Waals surface area contributed by atoms with Crippen LogP contribution in [0, 0.1) is 5.82 Å². The molecule has 0 radical (unpaired) electrons. The molecule has 0 saturated carbocycles. The lowest BCUT2D eigenvalue weighted by molar-refractivity contribution is -0.118. The van der Waals surface area contributed by atoms with E-state index in [-0.39, 0.29) is 17.6 Å². The third-order valence-electron chi connectivity index (χ3n) is 2.19. The topological polar surface area (TPSA) is 29.1 Å². The van der Waals surface area contributed by atoms with Crippen LogP contribution in [0.1, 0.15) is 26.3 Å². The maximum absolute atomic E-state index is 12.6. The number of hydrogen-bond acceptors (Lipinski definition) is 2. The highest BCUT2D eigenvalue weighted by molar-refractivity contribution is 5.81. The Balaban J connectivity index is 0.00000106. The highest BCUT2D eigenvalue weighted by Crippen LogP contribution is 2.06. The van der Waals surface area contributed by atoms with Gasteiger partial charge in [-0.05, 0) is 38.1 Å². The van der Waals surface area contributed by atoms with E-state index in [2.05, 4.69) is 5.32 Å². The number of likely N-dealkylation sites (N-methyl/N-ethyl adjacent to an activating group) is 1. The van der Waals surface area contributed by atoms with Crippen molar-refractivity contribution in [3.05, 3.63) is 35.6 Å². The van der Waals surface area contributed by atoms with Crippen molar-refractivity contribution in [3.63, 3.8) is 0 Å². The summed E-state index contributed by atoms with van der Waals surface area (Å²) >= 11 is 0. The molecule has 0 heterocycles. The van der Waals surface area contributed by atoms with Gasteiger partial charge in [0.15, 0.2) is 0 Å². The number of carbonyl (C=O) groups excluding carboxylic acids is 1. The molecule has 3 heteroatoms. The van der Waals surface area contributed by atoms with Crippen LogP contribution >= 0.6 is 0 Å². The molecule has 0 aliphatic heterocycles. The third-order valence-corrected chi connectivity index (χ3v) is 2.19. The first-order chi connectivity index (χ1) is 7.63. The van der Waals surface area contributed by atoms with E-state index in [0.717, 1.165) is 5.56 Å². The van der Waals surface area contributed by atoms with Crippen LogP contribution in [0.2, 0.25) is 0 Å². The summed E-state index contributed by atoms with van der Waals surface area (Å²) in [5.74, 6) is -0.158. The van der Waals surface area contributed by atoms with Gasteiger partial charge < -0.3 is 5.32 Å². The molecular weight excluding hydrogens is 205 g/mol. The molecule has 0 fully saturated rings. The Morgan fingerprint density at radius 1 is 1.31 bits per heavy atom. The van der Waals surface area contributed by atoms with Gasteiger partial charge in [0.25, 0.3) is 0 Å². The summed E-state index contributed by atoms with van der Waals surface area (Å²) in [6, 6.07) is 6.02. The van der Waals surface area contributed by atoms with Crippen LogP contribution in [0.15, 0.2) is 24.3 Å². The first-order valence-corrected chi connectivity index (χ1v) is 5.55. The summed E-state index contributed by atoms with van der Waals surface area (Å²) in [7, 11) is 1.75. The van der Waals surface area contributed by atoms with Gasteiger partial charge in [0, 0.05) is 0 Å². The number of nitrogens with one attached hydrogen (secondary N) is 1. The van der Waals surface area contributed by atoms with Gasteiger partial charge >= 0.3 is 0 Å². The molecule has 0 aliphatic carbocycles. The number of ketones is 1. The van der Waals surface area contributed by atoms with Gasteiger partial charge in [-0.2, -0.15) is 0 Å². The predicted molar refractivity (Wildman–Crippen MR) is 65.0 cm³/mol. The SMILES string of the molecule is CC.CNC(Cc1ccc(F)cc1)C(C)=O. The molecule has 16 heavy (non-hydrogen) atoms. The average Bonchev–Trinajstić information content (AvgIpc) is 2.30. The Hall–Kier alpha value is -1.22. The van der Waals surface area contributed by atoms with E-state index in [4.69, 9.17) is 0 Å². The molecule has 1 atom stereocenters. The summed E-state index contributed by atoms with van der Waals surface area (Å²) in [5, 5.41) is 2.92. The third kappa shape index (κ3) is 5.03. The molecule has 0 amide bonds. The molecule has 1 aromatic rings. The maximum atomic E-state index is 12.6. The minimum absolute atomic E-state index is 0.0943. The number of rotatable bonds is 4. The van der Waals surface area contributed by atoms with Crippen molar-refractivity contribution in [2.45, 2.75) is 33.2 Å². The molecule has 1 rings (SSSR count). The van der Waals surface area contributed by atoms with Crippen LogP contribution in [0.3, 0.4) is 0 Å². The Morgan fingerprint density at radius 2 is 1.81 bits per heavy atom. The summed E-state index contributed by atoms with van der Waals surface area (Å²) in [4.78, 5) is 11.1. The average molecular weight is 225 g/mol. The van der Waals surface area contributed by atoms with E-state index < -0.39 is 0 Å². The van der Waals surface area contributed by atoms with Crippen LogP contribution in [-0.2, 0) is 11.2 Å². The molecule has 1 aromatic carbocycles. The molecule has 1 unspecified atom stereocenters. The van der Waals surface area contributed by atoms with Gasteiger partial charge in [-0.15, -0.1) is 0 Å². The molecule has 2 nitrogen and oxygen atoms in total. The van der Waals surface area contributed by atoms with Crippen molar-refractivity contribution < 1.29 is 9.18 Å². The fourth-order valence-electron chi connectivity index (χ4n) is 1.31. The number of carbonyl (C=O) groups is 1. The Labute approximate surface area is 96.9 Å². The van der Waals surface area contributed by atoms with E-state index in [1.54, 1.807) is 26.1 Å². The Morgan fingerprint density at radius 3 is 2.19 bits per heavy atom. The van der Waals surface area contributed by atoms with Crippen LogP contribution < -0.4 is 5.32 Å². The monoisotopic (exact) mass is 225 g/mol. The molecule has 1 N–H and O–H groups in total. The highest BCUT2D eigenvalue weighted by Gasteiger charge is 2.11. The smallest absolute Gasteiger partial charge is 0.147 e. The summed E-state index contributed by atoms with van der Waals surface area (Å²) in [6.07, 6.45) is 0.603. The number of Topliss-reactive ketones (excluding diaryl/α,β-unsaturated/α-hetero) is 1. The normalized spacial score (nSPS) is 11.3. The zero-order chi connectivity index (χ0) is 12.6. The molecule has 0 bridgehead atoms. The quantitative estimate of drug-likeness (QED) is 0.853. The van der Waals surface area contributed by atoms with Gasteiger partial charge in [0.1, 0.15) is 11.6 Å². The lowest BCUT2D eigenvalue weighted by Gasteiger charge is -2.12. The summed E-state index contributed by atoms with van der Waals surface area (Å²) < 4.78 is 12.6. The van der Waals surface area contributed by atoms with Crippen molar-refractivity contribution in [2.75, 3.05) is 7.05 Å². The van der Waals surface area contributed by atoms with Gasteiger partial charge in [-0.1, -0.05) is 26.0 Å². The lowest BCUT2D eigenvalue weighted by Crippen LogP contribution is -2.34. The molecular formula is C13H20FNO. The van der Waals surface area contributed by atoms with Crippen molar-refractivity contribution in [1.29, 1.82) is 0 Å². The van der Waals surface area contributed by atoms with Gasteiger partial charge in [0.2, 0.25) is 0 Å². The molecule has 0 spiro atoms. The van der Waals surface area contributed by atoms with E-state index in [1.807, 2.05) is 13.8 Å². The highest BCUT2D eigenvalue weighted by atomic mass is 19.1. The summed E-state index contributed by atoms with van der Waals surface area (Å²) in [5.41, 5.74) is 0.959. The Bertz CT molecular complexity index is 308. The maximum Gasteiger partial charge on any atom is 0.147 e. The van der Waals surface area contributed by atoms with Gasteiger partial charge in [0.05, 0.1) is 6.04 Å². The fourth-order valence-corrected chi connectivity index (χ4v) is 1.31. The Kier molecular flexibility index (Phi) is 7.38. The number of benzene rings is 1. The molecule has 0 aromatic heterocycles. The molecule has 90 valence electrons. The van der Waals surface area contributed by atoms with Crippen LogP contribution in [-0.4, -0.2) is 18.9 Å². The zero-order valence-electron chi connectivity index (χ0n) is 10.4. The van der Waals surface area contributed by atoms with E-state index in [0.29, 0.717) is 6.42 Å². The standard InChI is InChI=1S/C11H14FNO.C2H6/c1-8(14)11(13-2)7-9-3-5-10(12)6-4-9;1-2/h3-6,11,13H,7H2,1-2H3;1-2H3. The fraction of sp³-hybridized carbons (Fsp3) is 0.462. The lowest BCUT2D eigenvalue weighted by atomic mass is 10.0. The van der Waals surface area contributed by atoms with Gasteiger partial charge in [-0.3, -0.25) is 4.79 Å². The number of hydrogen-bond donors (Lipinski definition) is 1. The second-order valence-electron chi connectivity index (χ2n) is 3.28.